The van der Waals surface area contributed by atoms with E-state index >= 15 is 0 Å². The lowest BCUT2D eigenvalue weighted by atomic mass is 9.89. The van der Waals surface area contributed by atoms with E-state index in [1.165, 1.54) is 44.2 Å². The van der Waals surface area contributed by atoms with Crippen LogP contribution in [0.3, 0.4) is 0 Å². The van der Waals surface area contributed by atoms with E-state index in [0.717, 1.165) is 12.0 Å². The van der Waals surface area contributed by atoms with E-state index in [4.69, 9.17) is 5.73 Å². The summed E-state index contributed by atoms with van der Waals surface area (Å²) in [5, 5.41) is 0. The van der Waals surface area contributed by atoms with Crippen molar-refractivity contribution in [3.8, 4) is 0 Å². The van der Waals surface area contributed by atoms with Crippen molar-refractivity contribution >= 4 is 0 Å². The van der Waals surface area contributed by atoms with Crippen molar-refractivity contribution in [3.63, 3.8) is 0 Å². The van der Waals surface area contributed by atoms with Gasteiger partial charge in [0.15, 0.2) is 0 Å². The van der Waals surface area contributed by atoms with Crippen LogP contribution >= 0.6 is 0 Å². The lowest BCUT2D eigenvalue weighted by Crippen LogP contribution is -2.46. The van der Waals surface area contributed by atoms with Crippen LogP contribution in [0, 0.1) is 5.92 Å². The van der Waals surface area contributed by atoms with E-state index in [9.17, 15) is 0 Å². The summed E-state index contributed by atoms with van der Waals surface area (Å²) in [7, 11) is 0. The summed E-state index contributed by atoms with van der Waals surface area (Å²) in [6, 6.07) is 5.33. The van der Waals surface area contributed by atoms with E-state index in [1.54, 1.807) is 0 Å². The van der Waals surface area contributed by atoms with Gasteiger partial charge >= 0.3 is 0 Å². The molecule has 0 aromatic carbocycles. The normalized spacial score (nSPS) is 30.1. The van der Waals surface area contributed by atoms with Crippen LogP contribution in [0.5, 0.6) is 0 Å². The molecule has 2 fully saturated rings. The largest absolute Gasteiger partial charge is 0.329 e. The van der Waals surface area contributed by atoms with Gasteiger partial charge in [-0.1, -0.05) is 12.5 Å². The van der Waals surface area contributed by atoms with E-state index < -0.39 is 0 Å². The number of fused-ring (bicyclic) bond motifs is 1. The van der Waals surface area contributed by atoms with Gasteiger partial charge in [-0.25, -0.2) is 0 Å². The third kappa shape index (κ3) is 2.17. The van der Waals surface area contributed by atoms with Gasteiger partial charge in [-0.15, -0.1) is 0 Å². The number of likely N-dealkylation sites (tertiary alicyclic amines) is 1. The Bertz CT molecular complexity index is 379. The van der Waals surface area contributed by atoms with Gasteiger partial charge in [-0.05, 0) is 49.8 Å². The fourth-order valence-corrected chi connectivity index (χ4v) is 3.92. The fraction of sp³-hybridized carbons (Fsp3) is 0.667. The number of nitrogens with zero attached hydrogens (tertiary/aromatic N) is 2. The molecule has 18 heavy (non-hydrogen) atoms. The van der Waals surface area contributed by atoms with Crippen LogP contribution < -0.4 is 5.73 Å². The topological polar surface area (TPSA) is 42.1 Å². The number of piperidine rings is 1. The molecule has 3 atom stereocenters. The number of aromatic nitrogens is 1. The highest BCUT2D eigenvalue weighted by Gasteiger charge is 2.38. The molecule has 3 nitrogen and oxygen atoms in total. The molecule has 3 heteroatoms. The fourth-order valence-electron chi connectivity index (χ4n) is 3.92. The van der Waals surface area contributed by atoms with Gasteiger partial charge in [0.05, 0.1) is 0 Å². The highest BCUT2D eigenvalue weighted by Crippen LogP contribution is 2.40. The Morgan fingerprint density at radius 1 is 1.33 bits per heavy atom. The average Bonchev–Trinajstić information content (AvgIpc) is 2.90. The van der Waals surface area contributed by atoms with Crippen LogP contribution in [0.25, 0.3) is 0 Å². The molecule has 0 amide bonds. The van der Waals surface area contributed by atoms with Gasteiger partial charge in [0.2, 0.25) is 0 Å². The Kier molecular flexibility index (Phi) is 3.62. The Hall–Kier alpha value is -0.930. The molecule has 1 saturated carbocycles. The monoisotopic (exact) mass is 245 g/mol. The number of pyridine rings is 1. The van der Waals surface area contributed by atoms with Crippen LogP contribution in [0.4, 0.5) is 0 Å². The van der Waals surface area contributed by atoms with Crippen LogP contribution in [0.2, 0.25) is 0 Å². The molecule has 1 aliphatic carbocycles. The van der Waals surface area contributed by atoms with Crippen LogP contribution in [-0.2, 0) is 0 Å². The number of hydrogen-bond acceptors (Lipinski definition) is 3. The Labute approximate surface area is 109 Å². The zero-order valence-electron chi connectivity index (χ0n) is 11.0. The molecule has 2 aliphatic rings. The molecular formula is C15H23N3. The van der Waals surface area contributed by atoms with E-state index in [1.807, 2.05) is 18.5 Å². The maximum atomic E-state index is 6.05. The molecule has 0 spiro atoms. The van der Waals surface area contributed by atoms with E-state index in [2.05, 4.69) is 16.0 Å². The van der Waals surface area contributed by atoms with E-state index in [-0.39, 0.29) is 0 Å². The summed E-state index contributed by atoms with van der Waals surface area (Å²) in [4.78, 5) is 6.92. The van der Waals surface area contributed by atoms with Gasteiger partial charge in [0.1, 0.15) is 0 Å². The second-order valence-corrected chi connectivity index (χ2v) is 5.68. The molecule has 3 unspecified atom stereocenters. The third-order valence-corrected chi connectivity index (χ3v) is 4.73. The molecule has 1 saturated heterocycles. The lowest BCUT2D eigenvalue weighted by Gasteiger charge is -2.42. The van der Waals surface area contributed by atoms with Gasteiger partial charge in [-0.3, -0.25) is 9.88 Å². The van der Waals surface area contributed by atoms with Crippen molar-refractivity contribution < 1.29 is 0 Å². The lowest BCUT2D eigenvalue weighted by molar-refractivity contribution is 0.0700. The van der Waals surface area contributed by atoms with Crippen LogP contribution in [0.15, 0.2) is 24.5 Å². The summed E-state index contributed by atoms with van der Waals surface area (Å²) in [5.41, 5.74) is 7.33. The van der Waals surface area contributed by atoms with Crippen molar-refractivity contribution in [1.29, 1.82) is 0 Å². The summed E-state index contributed by atoms with van der Waals surface area (Å²) >= 11 is 0. The molecule has 0 bridgehead atoms. The maximum absolute atomic E-state index is 6.05. The van der Waals surface area contributed by atoms with Crippen LogP contribution in [-0.4, -0.2) is 29.0 Å². The van der Waals surface area contributed by atoms with Crippen molar-refractivity contribution in [1.82, 2.24) is 9.88 Å². The summed E-state index contributed by atoms with van der Waals surface area (Å²) in [6.45, 7) is 1.91. The molecular weight excluding hydrogens is 222 g/mol. The summed E-state index contributed by atoms with van der Waals surface area (Å²) in [5.74, 6) is 0.921. The number of hydrogen-bond donors (Lipinski definition) is 1. The van der Waals surface area contributed by atoms with Crippen molar-refractivity contribution in [2.75, 3.05) is 13.1 Å². The van der Waals surface area contributed by atoms with Gasteiger partial charge < -0.3 is 5.73 Å². The van der Waals surface area contributed by atoms with Crippen LogP contribution in [0.1, 0.15) is 43.7 Å². The van der Waals surface area contributed by atoms with Crippen molar-refractivity contribution in [3.05, 3.63) is 30.1 Å². The second kappa shape index (κ2) is 5.37. The third-order valence-electron chi connectivity index (χ3n) is 4.73. The first-order valence-electron chi connectivity index (χ1n) is 7.26. The SMILES string of the molecule is NCC(c1cccnc1)N1CCCC2CCCC21. The highest BCUT2D eigenvalue weighted by atomic mass is 15.2. The Balaban J connectivity index is 1.82. The molecule has 2 heterocycles. The quantitative estimate of drug-likeness (QED) is 0.889. The standard InChI is InChI=1S/C15H23N3/c16-10-15(13-5-2-8-17-11-13)18-9-3-6-12-4-1-7-14(12)18/h2,5,8,11-12,14-15H,1,3-4,6-7,9-10,16H2. The molecule has 3 rings (SSSR count). The molecule has 1 aromatic rings. The van der Waals surface area contributed by atoms with Gasteiger partial charge in [0, 0.05) is 31.0 Å². The minimum atomic E-state index is 0.365. The Morgan fingerprint density at radius 2 is 2.22 bits per heavy atom. The summed E-state index contributed by atoms with van der Waals surface area (Å²) in [6.07, 6.45) is 10.8. The zero-order valence-corrected chi connectivity index (χ0v) is 11.0. The Morgan fingerprint density at radius 3 is 3.00 bits per heavy atom. The maximum Gasteiger partial charge on any atom is 0.0488 e. The second-order valence-electron chi connectivity index (χ2n) is 5.68. The first-order valence-corrected chi connectivity index (χ1v) is 7.26. The summed E-state index contributed by atoms with van der Waals surface area (Å²) < 4.78 is 0. The predicted octanol–water partition coefficient (Wildman–Crippen LogP) is 2.35. The molecule has 98 valence electrons. The molecule has 2 N–H and O–H groups in total. The minimum Gasteiger partial charge on any atom is -0.329 e. The molecule has 1 aromatic heterocycles. The first-order chi connectivity index (χ1) is 8.90. The first kappa shape index (κ1) is 12.1. The molecule has 0 radical (unpaired) electrons. The smallest absolute Gasteiger partial charge is 0.0488 e. The molecule has 1 aliphatic heterocycles. The highest BCUT2D eigenvalue weighted by molar-refractivity contribution is 5.15. The predicted molar refractivity (Wildman–Crippen MR) is 73.1 cm³/mol. The van der Waals surface area contributed by atoms with E-state index in [0.29, 0.717) is 12.6 Å². The number of rotatable bonds is 3. The average molecular weight is 245 g/mol. The van der Waals surface area contributed by atoms with Gasteiger partial charge in [-0.2, -0.15) is 0 Å². The van der Waals surface area contributed by atoms with Crippen molar-refractivity contribution in [2.24, 2.45) is 11.7 Å². The van der Waals surface area contributed by atoms with Gasteiger partial charge in [0.25, 0.3) is 0 Å². The zero-order chi connectivity index (χ0) is 12.4. The minimum absolute atomic E-state index is 0.365. The number of nitrogens with two attached hydrogens (primary N) is 1. The van der Waals surface area contributed by atoms with Crippen molar-refractivity contribution in [2.45, 2.75) is 44.2 Å².